The van der Waals surface area contributed by atoms with Gasteiger partial charge in [0.15, 0.2) is 0 Å². The lowest BCUT2D eigenvalue weighted by Crippen LogP contribution is -2.09. The van der Waals surface area contributed by atoms with Gasteiger partial charge in [0.05, 0.1) is 12.7 Å². The Balaban J connectivity index is 2.09. The summed E-state index contributed by atoms with van der Waals surface area (Å²) in [6, 6.07) is 9.70. The van der Waals surface area contributed by atoms with Gasteiger partial charge in [-0.1, -0.05) is 12.1 Å². The van der Waals surface area contributed by atoms with Crippen LogP contribution in [0.15, 0.2) is 36.4 Å². The number of methoxy groups -OCH3 is 1. The molecule has 0 spiro atoms. The van der Waals surface area contributed by atoms with Gasteiger partial charge in [0.2, 0.25) is 0 Å². The second-order valence-corrected chi connectivity index (χ2v) is 4.89. The summed E-state index contributed by atoms with van der Waals surface area (Å²) in [6.07, 6.45) is -2.92. The lowest BCUT2D eigenvalue weighted by molar-refractivity contribution is -0.137. The normalized spacial score (nSPS) is 13.6. The molecule has 20 heavy (non-hydrogen) atoms. The van der Waals surface area contributed by atoms with Gasteiger partial charge in [-0.2, -0.15) is 13.2 Å². The molecule has 4 heteroatoms. The first-order valence-corrected chi connectivity index (χ1v) is 6.36. The molecule has 0 fully saturated rings. The van der Waals surface area contributed by atoms with Gasteiger partial charge in [0.25, 0.3) is 0 Å². The Hall–Kier alpha value is -1.97. The van der Waals surface area contributed by atoms with Crippen molar-refractivity contribution < 1.29 is 17.9 Å². The van der Waals surface area contributed by atoms with Crippen LogP contribution < -0.4 is 4.74 Å². The van der Waals surface area contributed by atoms with Gasteiger partial charge in [-0.25, -0.2) is 0 Å². The van der Waals surface area contributed by atoms with E-state index in [0.29, 0.717) is 6.42 Å². The Morgan fingerprint density at radius 2 is 1.50 bits per heavy atom. The predicted molar refractivity (Wildman–Crippen MR) is 70.8 cm³/mol. The second-order valence-electron chi connectivity index (χ2n) is 4.89. The summed E-state index contributed by atoms with van der Waals surface area (Å²) in [7, 11) is 1.61. The molecule has 0 saturated heterocycles. The average molecular weight is 278 g/mol. The molecule has 1 nitrogen and oxygen atoms in total. The molecule has 0 heterocycles. The van der Waals surface area contributed by atoms with Crippen molar-refractivity contribution in [3.05, 3.63) is 53.1 Å². The van der Waals surface area contributed by atoms with Gasteiger partial charge >= 0.3 is 6.18 Å². The van der Waals surface area contributed by atoms with Crippen LogP contribution in [0.2, 0.25) is 0 Å². The molecular formula is C16H13F3O. The molecule has 0 aromatic heterocycles. The van der Waals surface area contributed by atoms with E-state index < -0.39 is 11.7 Å². The molecular weight excluding hydrogens is 265 g/mol. The molecule has 0 bridgehead atoms. The highest BCUT2D eigenvalue weighted by Crippen LogP contribution is 2.38. The number of fused-ring (bicyclic) bond motifs is 3. The number of hydrogen-bond donors (Lipinski definition) is 0. The van der Waals surface area contributed by atoms with Crippen molar-refractivity contribution in [1.29, 1.82) is 0 Å². The molecule has 0 amide bonds. The van der Waals surface area contributed by atoms with Crippen molar-refractivity contribution in [2.24, 2.45) is 0 Å². The topological polar surface area (TPSA) is 9.23 Å². The van der Waals surface area contributed by atoms with Gasteiger partial charge in [-0.15, -0.1) is 0 Å². The molecule has 0 aliphatic heterocycles. The van der Waals surface area contributed by atoms with Crippen molar-refractivity contribution in [3.63, 3.8) is 0 Å². The Kier molecular flexibility index (Phi) is 2.96. The van der Waals surface area contributed by atoms with E-state index in [0.717, 1.165) is 40.5 Å². The maximum atomic E-state index is 12.7. The van der Waals surface area contributed by atoms with Gasteiger partial charge in [-0.05, 0) is 59.4 Å². The summed E-state index contributed by atoms with van der Waals surface area (Å²) in [6.45, 7) is 0. The summed E-state index contributed by atoms with van der Waals surface area (Å²) in [5, 5.41) is 0. The second kappa shape index (κ2) is 4.54. The highest BCUT2D eigenvalue weighted by atomic mass is 19.4. The molecule has 3 rings (SSSR count). The summed E-state index contributed by atoms with van der Waals surface area (Å²) in [5.41, 5.74) is 3.20. The van der Waals surface area contributed by atoms with Crippen LogP contribution in [-0.4, -0.2) is 7.11 Å². The monoisotopic (exact) mass is 278 g/mol. The average Bonchev–Trinajstić information content (AvgIpc) is 2.44. The first kappa shape index (κ1) is 13.0. The van der Waals surface area contributed by atoms with Crippen LogP contribution in [0.3, 0.4) is 0 Å². The number of alkyl halides is 3. The number of halogens is 3. The first-order chi connectivity index (χ1) is 9.49. The molecule has 0 N–H and O–H groups in total. The zero-order valence-electron chi connectivity index (χ0n) is 10.9. The third-order valence-electron chi connectivity index (χ3n) is 3.70. The maximum Gasteiger partial charge on any atom is 0.416 e. The van der Waals surface area contributed by atoms with Gasteiger partial charge in [0, 0.05) is 0 Å². The quantitative estimate of drug-likeness (QED) is 0.747. The molecule has 0 saturated carbocycles. The van der Waals surface area contributed by atoms with Crippen LogP contribution in [0.25, 0.3) is 11.1 Å². The number of aryl methyl sites for hydroxylation is 2. The molecule has 1 aliphatic carbocycles. The number of rotatable bonds is 1. The minimum absolute atomic E-state index is 0.576. The standard InChI is InChI=1S/C16H13F3O/c1-20-13-5-7-15-11(9-13)3-2-10-8-12(16(17,18)19)4-6-14(10)15/h4-9H,2-3H2,1H3. The maximum absolute atomic E-state index is 12.7. The van der Waals surface area contributed by atoms with Crippen LogP contribution in [0.1, 0.15) is 16.7 Å². The van der Waals surface area contributed by atoms with Crippen LogP contribution in [0.5, 0.6) is 5.75 Å². The van der Waals surface area contributed by atoms with Crippen LogP contribution >= 0.6 is 0 Å². The SMILES string of the molecule is COc1ccc2c(c1)CCc1cc(C(F)(F)F)ccc1-2. The van der Waals surface area contributed by atoms with Crippen molar-refractivity contribution in [1.82, 2.24) is 0 Å². The minimum Gasteiger partial charge on any atom is -0.497 e. The van der Waals surface area contributed by atoms with E-state index in [4.69, 9.17) is 4.74 Å². The van der Waals surface area contributed by atoms with Crippen molar-refractivity contribution in [2.75, 3.05) is 7.11 Å². The van der Waals surface area contributed by atoms with E-state index in [1.807, 2.05) is 18.2 Å². The Morgan fingerprint density at radius 1 is 0.900 bits per heavy atom. The highest BCUT2D eigenvalue weighted by Gasteiger charge is 2.31. The largest absolute Gasteiger partial charge is 0.497 e. The predicted octanol–water partition coefficient (Wildman–Crippen LogP) is 4.48. The first-order valence-electron chi connectivity index (χ1n) is 6.36. The smallest absolute Gasteiger partial charge is 0.416 e. The van der Waals surface area contributed by atoms with E-state index >= 15 is 0 Å². The van der Waals surface area contributed by atoms with Crippen molar-refractivity contribution in [2.45, 2.75) is 19.0 Å². The fourth-order valence-corrected chi connectivity index (χ4v) is 2.68. The Bertz CT molecular complexity index is 659. The van der Waals surface area contributed by atoms with E-state index in [2.05, 4.69) is 0 Å². The van der Waals surface area contributed by atoms with E-state index in [1.165, 1.54) is 6.07 Å². The van der Waals surface area contributed by atoms with E-state index in [1.54, 1.807) is 13.2 Å². The zero-order valence-corrected chi connectivity index (χ0v) is 10.9. The van der Waals surface area contributed by atoms with Gasteiger partial charge < -0.3 is 4.74 Å². The molecule has 0 unspecified atom stereocenters. The number of benzene rings is 2. The fraction of sp³-hybridized carbons (Fsp3) is 0.250. The summed E-state index contributed by atoms with van der Waals surface area (Å²) >= 11 is 0. The highest BCUT2D eigenvalue weighted by molar-refractivity contribution is 5.74. The van der Waals surface area contributed by atoms with Crippen LogP contribution in [0, 0.1) is 0 Å². The molecule has 0 atom stereocenters. The molecule has 104 valence electrons. The van der Waals surface area contributed by atoms with E-state index in [9.17, 15) is 13.2 Å². The third-order valence-corrected chi connectivity index (χ3v) is 3.70. The lowest BCUT2D eigenvalue weighted by atomic mass is 9.84. The van der Waals surface area contributed by atoms with Gasteiger partial charge in [-0.3, -0.25) is 0 Å². The van der Waals surface area contributed by atoms with Crippen molar-refractivity contribution >= 4 is 0 Å². The van der Waals surface area contributed by atoms with Crippen molar-refractivity contribution in [3.8, 4) is 16.9 Å². The minimum atomic E-state index is -4.28. The van der Waals surface area contributed by atoms with E-state index in [-0.39, 0.29) is 0 Å². The summed E-state index contributed by atoms with van der Waals surface area (Å²) in [5.74, 6) is 0.777. The molecule has 0 radical (unpaired) electrons. The third kappa shape index (κ3) is 2.15. The summed E-state index contributed by atoms with van der Waals surface area (Å²) < 4.78 is 43.4. The molecule has 2 aromatic rings. The van der Waals surface area contributed by atoms with Crippen LogP contribution in [0.4, 0.5) is 13.2 Å². The lowest BCUT2D eigenvalue weighted by Gasteiger charge is -2.21. The Morgan fingerprint density at radius 3 is 2.10 bits per heavy atom. The Labute approximate surface area is 115 Å². The summed E-state index contributed by atoms with van der Waals surface area (Å²) in [4.78, 5) is 0. The molecule has 1 aliphatic rings. The molecule has 2 aromatic carbocycles. The van der Waals surface area contributed by atoms with Crippen LogP contribution in [-0.2, 0) is 19.0 Å². The van der Waals surface area contributed by atoms with Gasteiger partial charge in [0.1, 0.15) is 5.75 Å². The zero-order chi connectivity index (χ0) is 14.3. The fourth-order valence-electron chi connectivity index (χ4n) is 2.68. The number of ether oxygens (including phenoxy) is 1. The number of hydrogen-bond acceptors (Lipinski definition) is 1.